The number of anilines is 2. The van der Waals surface area contributed by atoms with Gasteiger partial charge in [0.05, 0.1) is 5.69 Å². The maximum atomic E-state index is 13.5. The molecule has 0 saturated carbocycles. The number of pyridine rings is 1. The van der Waals surface area contributed by atoms with Crippen molar-refractivity contribution < 1.29 is 9.18 Å². The molecule has 0 atom stereocenters. The van der Waals surface area contributed by atoms with Gasteiger partial charge in [0.1, 0.15) is 11.6 Å². The van der Waals surface area contributed by atoms with Gasteiger partial charge < -0.3 is 5.32 Å². The number of nitrogens with one attached hydrogen (secondary N) is 2. The van der Waals surface area contributed by atoms with Crippen molar-refractivity contribution in [3.63, 3.8) is 0 Å². The summed E-state index contributed by atoms with van der Waals surface area (Å²) < 4.78 is 13.5. The minimum Gasteiger partial charge on any atom is -0.305 e. The fourth-order valence-electron chi connectivity index (χ4n) is 1.77. The average molecular weight is 294 g/mol. The highest BCUT2D eigenvalue weighted by Crippen LogP contribution is 2.19. The van der Waals surface area contributed by atoms with Crippen LogP contribution in [0.1, 0.15) is 11.3 Å². The minimum absolute atomic E-state index is 0.0521. The number of carbonyl (C=O) groups is 1. The molecular weight excluding hydrogens is 281 g/mol. The van der Waals surface area contributed by atoms with Gasteiger partial charge in [-0.25, -0.2) is 14.2 Å². The third-order valence-electron chi connectivity index (χ3n) is 2.52. The van der Waals surface area contributed by atoms with Crippen LogP contribution in [0.4, 0.5) is 20.7 Å². The Hall–Kier alpha value is -2.14. The molecular formula is C14H13ClFN3O. The highest BCUT2D eigenvalue weighted by Gasteiger charge is 2.08. The van der Waals surface area contributed by atoms with E-state index in [1.807, 2.05) is 19.9 Å². The van der Waals surface area contributed by atoms with Crippen molar-refractivity contribution in [3.8, 4) is 0 Å². The molecule has 0 radical (unpaired) electrons. The second-order valence-corrected chi connectivity index (χ2v) is 4.81. The molecule has 1 heterocycles. The van der Waals surface area contributed by atoms with Gasteiger partial charge in [0.25, 0.3) is 0 Å². The van der Waals surface area contributed by atoms with Crippen LogP contribution in [0.25, 0.3) is 0 Å². The van der Waals surface area contributed by atoms with E-state index in [9.17, 15) is 9.18 Å². The van der Waals surface area contributed by atoms with Crippen molar-refractivity contribution in [1.82, 2.24) is 4.98 Å². The standard InChI is InChI=1S/C14H13ClFN3O/c1-8-5-9(2)17-13(6-8)19-14(20)18-12-4-3-10(15)7-11(12)16/h3-7H,1-2H3,(H2,17,18,19,20). The fraction of sp³-hybridized carbons (Fsp3) is 0.143. The van der Waals surface area contributed by atoms with Gasteiger partial charge in [0.15, 0.2) is 0 Å². The number of hydrogen-bond acceptors (Lipinski definition) is 2. The second-order valence-electron chi connectivity index (χ2n) is 4.37. The van der Waals surface area contributed by atoms with Crippen LogP contribution in [-0.4, -0.2) is 11.0 Å². The predicted molar refractivity (Wildman–Crippen MR) is 77.8 cm³/mol. The van der Waals surface area contributed by atoms with Crippen LogP contribution in [0.2, 0.25) is 5.02 Å². The molecule has 0 saturated heterocycles. The first-order valence-electron chi connectivity index (χ1n) is 5.92. The molecule has 0 fully saturated rings. The maximum Gasteiger partial charge on any atom is 0.324 e. The minimum atomic E-state index is -0.596. The van der Waals surface area contributed by atoms with Crippen LogP contribution in [0.15, 0.2) is 30.3 Å². The molecule has 0 aliphatic rings. The summed E-state index contributed by atoms with van der Waals surface area (Å²) >= 11 is 5.64. The smallest absolute Gasteiger partial charge is 0.305 e. The summed E-state index contributed by atoms with van der Waals surface area (Å²) in [6, 6.07) is 7.07. The molecule has 2 rings (SSSR count). The first-order chi connectivity index (χ1) is 9.44. The molecule has 1 aromatic carbocycles. The summed E-state index contributed by atoms with van der Waals surface area (Å²) in [6.45, 7) is 3.73. The summed E-state index contributed by atoms with van der Waals surface area (Å²) in [7, 11) is 0. The topological polar surface area (TPSA) is 54.0 Å². The highest BCUT2D eigenvalue weighted by atomic mass is 35.5. The number of hydrogen-bond donors (Lipinski definition) is 2. The van der Waals surface area contributed by atoms with Crippen LogP contribution >= 0.6 is 11.6 Å². The summed E-state index contributed by atoms with van der Waals surface area (Å²) in [4.78, 5) is 15.9. The van der Waals surface area contributed by atoms with E-state index in [0.29, 0.717) is 5.82 Å². The molecule has 0 aliphatic heterocycles. The van der Waals surface area contributed by atoms with Gasteiger partial charge in [0.2, 0.25) is 0 Å². The van der Waals surface area contributed by atoms with E-state index in [-0.39, 0.29) is 10.7 Å². The molecule has 2 aromatic rings. The van der Waals surface area contributed by atoms with E-state index in [2.05, 4.69) is 15.6 Å². The van der Waals surface area contributed by atoms with Crippen molar-refractivity contribution in [1.29, 1.82) is 0 Å². The number of halogens is 2. The van der Waals surface area contributed by atoms with Crippen molar-refractivity contribution in [2.75, 3.05) is 10.6 Å². The zero-order valence-electron chi connectivity index (χ0n) is 11.0. The van der Waals surface area contributed by atoms with E-state index in [0.717, 1.165) is 17.3 Å². The molecule has 0 spiro atoms. The van der Waals surface area contributed by atoms with E-state index in [1.165, 1.54) is 12.1 Å². The van der Waals surface area contributed by atoms with Gasteiger partial charge in [-0.2, -0.15) is 0 Å². The Morgan fingerprint density at radius 2 is 1.95 bits per heavy atom. The lowest BCUT2D eigenvalue weighted by Crippen LogP contribution is -2.21. The lowest BCUT2D eigenvalue weighted by Gasteiger charge is -2.09. The largest absolute Gasteiger partial charge is 0.324 e. The summed E-state index contributed by atoms with van der Waals surface area (Å²) in [5.74, 6) is -0.185. The zero-order chi connectivity index (χ0) is 14.7. The Morgan fingerprint density at radius 1 is 1.20 bits per heavy atom. The van der Waals surface area contributed by atoms with Crippen LogP contribution in [0, 0.1) is 19.7 Å². The Kier molecular flexibility index (Phi) is 4.20. The molecule has 0 aliphatic carbocycles. The quantitative estimate of drug-likeness (QED) is 0.874. The highest BCUT2D eigenvalue weighted by molar-refractivity contribution is 6.30. The van der Waals surface area contributed by atoms with E-state index < -0.39 is 11.8 Å². The Bertz CT molecular complexity index is 641. The Morgan fingerprint density at radius 3 is 2.60 bits per heavy atom. The molecule has 0 unspecified atom stereocenters. The van der Waals surface area contributed by atoms with Gasteiger partial charge in [-0.05, 0) is 49.7 Å². The first kappa shape index (κ1) is 14.3. The monoisotopic (exact) mass is 293 g/mol. The number of urea groups is 1. The number of aromatic nitrogens is 1. The van der Waals surface area contributed by atoms with Gasteiger partial charge in [-0.15, -0.1) is 0 Å². The summed E-state index contributed by atoms with van der Waals surface area (Å²) in [5, 5.41) is 5.22. The van der Waals surface area contributed by atoms with Crippen molar-refractivity contribution in [3.05, 3.63) is 52.4 Å². The molecule has 6 heteroatoms. The van der Waals surface area contributed by atoms with E-state index in [4.69, 9.17) is 11.6 Å². The van der Waals surface area contributed by atoms with Gasteiger partial charge in [0, 0.05) is 10.7 Å². The predicted octanol–water partition coefficient (Wildman–Crippen LogP) is 4.13. The maximum absolute atomic E-state index is 13.5. The van der Waals surface area contributed by atoms with Gasteiger partial charge in [-0.3, -0.25) is 5.32 Å². The third kappa shape index (κ3) is 3.68. The summed E-state index contributed by atoms with van der Waals surface area (Å²) in [6.07, 6.45) is 0. The van der Waals surface area contributed by atoms with Gasteiger partial charge in [-0.1, -0.05) is 11.6 Å². The Labute approximate surface area is 121 Å². The zero-order valence-corrected chi connectivity index (χ0v) is 11.8. The lowest BCUT2D eigenvalue weighted by atomic mass is 10.2. The Balaban J connectivity index is 2.09. The molecule has 104 valence electrons. The van der Waals surface area contributed by atoms with Crippen molar-refractivity contribution in [2.24, 2.45) is 0 Å². The first-order valence-corrected chi connectivity index (χ1v) is 6.30. The van der Waals surface area contributed by atoms with Crippen molar-refractivity contribution >= 4 is 29.1 Å². The number of amides is 2. The van der Waals surface area contributed by atoms with E-state index in [1.54, 1.807) is 6.07 Å². The number of rotatable bonds is 2. The number of benzene rings is 1. The third-order valence-corrected chi connectivity index (χ3v) is 2.75. The fourth-order valence-corrected chi connectivity index (χ4v) is 1.92. The van der Waals surface area contributed by atoms with Crippen LogP contribution < -0.4 is 10.6 Å². The molecule has 20 heavy (non-hydrogen) atoms. The molecule has 2 N–H and O–H groups in total. The molecule has 2 amide bonds. The normalized spacial score (nSPS) is 10.2. The van der Waals surface area contributed by atoms with E-state index >= 15 is 0 Å². The lowest BCUT2D eigenvalue weighted by molar-refractivity contribution is 0.262. The molecule has 0 bridgehead atoms. The van der Waals surface area contributed by atoms with Crippen molar-refractivity contribution in [2.45, 2.75) is 13.8 Å². The molecule has 4 nitrogen and oxygen atoms in total. The van der Waals surface area contributed by atoms with Gasteiger partial charge >= 0.3 is 6.03 Å². The van der Waals surface area contributed by atoms with Crippen LogP contribution in [-0.2, 0) is 0 Å². The van der Waals surface area contributed by atoms with Crippen LogP contribution in [0.5, 0.6) is 0 Å². The molecule has 1 aromatic heterocycles. The number of nitrogens with zero attached hydrogens (tertiary/aromatic N) is 1. The number of carbonyl (C=O) groups excluding carboxylic acids is 1. The second kappa shape index (κ2) is 5.88. The number of aryl methyl sites for hydroxylation is 2. The average Bonchev–Trinajstić information content (AvgIpc) is 2.31. The van der Waals surface area contributed by atoms with Crippen LogP contribution in [0.3, 0.4) is 0 Å². The SMILES string of the molecule is Cc1cc(C)nc(NC(=O)Nc2ccc(Cl)cc2F)c1. The summed E-state index contributed by atoms with van der Waals surface area (Å²) in [5.41, 5.74) is 1.82.